The molecule has 22 heavy (non-hydrogen) atoms. The quantitative estimate of drug-likeness (QED) is 0.623. The Morgan fingerprint density at radius 2 is 2.27 bits per heavy atom. The van der Waals surface area contributed by atoms with Crippen molar-refractivity contribution < 1.29 is 9.90 Å². The third kappa shape index (κ3) is 4.02. The van der Waals surface area contributed by atoms with Crippen molar-refractivity contribution in [2.24, 2.45) is 0 Å². The molecule has 5 heteroatoms. The van der Waals surface area contributed by atoms with Crippen LogP contribution in [-0.2, 0) is 12.8 Å². The van der Waals surface area contributed by atoms with Crippen molar-refractivity contribution >= 4 is 23.3 Å². The number of rotatable bonds is 6. The Morgan fingerprint density at radius 3 is 3.00 bits per heavy atom. The second-order valence-electron chi connectivity index (χ2n) is 5.42. The highest BCUT2D eigenvalue weighted by Gasteiger charge is 2.27. The lowest BCUT2D eigenvalue weighted by molar-refractivity contribution is 0.246. The lowest BCUT2D eigenvalue weighted by Gasteiger charge is -2.21. The summed E-state index contributed by atoms with van der Waals surface area (Å²) >= 11 is 6.18. The van der Waals surface area contributed by atoms with Crippen LogP contribution in [0.5, 0.6) is 0 Å². The lowest BCUT2D eigenvalue weighted by Crippen LogP contribution is -2.39. The summed E-state index contributed by atoms with van der Waals surface area (Å²) in [5.41, 5.74) is 3.11. The third-order valence-corrected chi connectivity index (χ3v) is 3.99. The van der Waals surface area contributed by atoms with Gasteiger partial charge in [0.2, 0.25) is 0 Å². The highest BCUT2D eigenvalue weighted by molar-refractivity contribution is 6.31. The van der Waals surface area contributed by atoms with Crippen molar-refractivity contribution in [3.05, 3.63) is 40.4 Å². The van der Waals surface area contributed by atoms with E-state index in [1.54, 1.807) is 6.08 Å². The number of benzene rings is 1. The first-order valence-electron chi connectivity index (χ1n) is 7.80. The normalized spacial score (nSPS) is 13.7. The molecule has 1 heterocycles. The number of carbonyl (C=O) groups is 1. The largest absolute Gasteiger partial charge is 0.392 e. The molecule has 0 fully saturated rings. The monoisotopic (exact) mass is 322 g/mol. The number of unbranched alkanes of at least 4 members (excludes halogenated alkanes) is 1. The summed E-state index contributed by atoms with van der Waals surface area (Å²) in [6, 6.07) is 3.80. The smallest absolute Gasteiger partial charge is 0.321 e. The zero-order valence-electron chi connectivity index (χ0n) is 12.9. The zero-order valence-corrected chi connectivity index (χ0v) is 13.7. The van der Waals surface area contributed by atoms with Crippen molar-refractivity contribution in [3.8, 4) is 0 Å². The number of nitrogens with zero attached hydrogens (tertiary/aromatic N) is 1. The fourth-order valence-electron chi connectivity index (χ4n) is 2.71. The van der Waals surface area contributed by atoms with Gasteiger partial charge in [-0.05, 0) is 42.5 Å². The molecule has 1 aliphatic rings. The molecule has 4 nitrogen and oxygen atoms in total. The maximum Gasteiger partial charge on any atom is 0.321 e. The predicted octanol–water partition coefficient (Wildman–Crippen LogP) is 3.30. The van der Waals surface area contributed by atoms with Crippen LogP contribution < -0.4 is 10.2 Å². The number of halogens is 1. The molecular weight excluding hydrogens is 300 g/mol. The van der Waals surface area contributed by atoms with Gasteiger partial charge in [-0.1, -0.05) is 37.1 Å². The van der Waals surface area contributed by atoms with Crippen molar-refractivity contribution in [2.45, 2.75) is 32.6 Å². The number of carbonyl (C=O) groups excluding carboxylic acids is 1. The van der Waals surface area contributed by atoms with Gasteiger partial charge in [0, 0.05) is 18.1 Å². The molecule has 0 atom stereocenters. The molecular formula is C17H23ClN2O2. The van der Waals surface area contributed by atoms with Crippen LogP contribution in [0, 0.1) is 0 Å². The van der Waals surface area contributed by atoms with Gasteiger partial charge in [0.15, 0.2) is 0 Å². The molecule has 1 aliphatic heterocycles. The summed E-state index contributed by atoms with van der Waals surface area (Å²) < 4.78 is 0. The molecule has 2 rings (SSSR count). The van der Waals surface area contributed by atoms with E-state index in [1.807, 2.05) is 23.1 Å². The van der Waals surface area contributed by atoms with Gasteiger partial charge in [0.25, 0.3) is 0 Å². The van der Waals surface area contributed by atoms with Crippen LogP contribution in [-0.4, -0.2) is 30.8 Å². The van der Waals surface area contributed by atoms with E-state index in [-0.39, 0.29) is 12.6 Å². The summed E-state index contributed by atoms with van der Waals surface area (Å²) in [7, 11) is 0. The summed E-state index contributed by atoms with van der Waals surface area (Å²) in [4.78, 5) is 14.2. The second-order valence-corrected chi connectivity index (χ2v) is 5.85. The number of aliphatic hydroxyl groups is 1. The summed E-state index contributed by atoms with van der Waals surface area (Å²) in [5, 5.41) is 12.5. The van der Waals surface area contributed by atoms with Gasteiger partial charge in [-0.3, -0.25) is 4.90 Å². The van der Waals surface area contributed by atoms with Gasteiger partial charge in [-0.2, -0.15) is 0 Å². The lowest BCUT2D eigenvalue weighted by atomic mass is 10.0. The van der Waals surface area contributed by atoms with E-state index in [4.69, 9.17) is 16.7 Å². The number of anilines is 1. The Hall–Kier alpha value is -1.52. The Balaban J connectivity index is 2.20. The molecule has 2 amide bonds. The first-order chi connectivity index (χ1) is 10.7. The number of hydrogen-bond donors (Lipinski definition) is 2. The Morgan fingerprint density at radius 1 is 1.45 bits per heavy atom. The van der Waals surface area contributed by atoms with Gasteiger partial charge in [-0.25, -0.2) is 4.79 Å². The van der Waals surface area contributed by atoms with Crippen molar-refractivity contribution in [1.82, 2.24) is 5.32 Å². The Labute approximate surface area is 136 Å². The second kappa shape index (κ2) is 8.20. The summed E-state index contributed by atoms with van der Waals surface area (Å²) in [5.74, 6) is 0. The molecule has 1 aromatic carbocycles. The molecule has 1 aromatic rings. The van der Waals surface area contributed by atoms with Crippen molar-refractivity contribution in [2.75, 3.05) is 24.6 Å². The summed E-state index contributed by atoms with van der Waals surface area (Å²) in [6.07, 6.45) is 7.13. The molecule has 0 radical (unpaired) electrons. The first-order valence-corrected chi connectivity index (χ1v) is 8.17. The van der Waals surface area contributed by atoms with E-state index in [0.29, 0.717) is 24.5 Å². The molecule has 0 spiro atoms. The number of fused-ring (bicyclic) bond motifs is 1. The van der Waals surface area contributed by atoms with E-state index in [2.05, 4.69) is 12.2 Å². The highest BCUT2D eigenvalue weighted by atomic mass is 35.5. The molecule has 0 aliphatic carbocycles. The number of nitrogens with one attached hydrogen (secondary N) is 1. The van der Waals surface area contributed by atoms with Crippen LogP contribution in [0.25, 0.3) is 0 Å². The van der Waals surface area contributed by atoms with Gasteiger partial charge in [-0.15, -0.1) is 0 Å². The van der Waals surface area contributed by atoms with E-state index >= 15 is 0 Å². The van der Waals surface area contributed by atoms with Crippen LogP contribution in [0.15, 0.2) is 24.3 Å². The average Bonchev–Trinajstić information content (AvgIpc) is 2.91. The van der Waals surface area contributed by atoms with Crippen LogP contribution in [0.4, 0.5) is 10.5 Å². The SMILES string of the molecule is CCCCNC(=O)N1CCc2cc(Cl)cc(C/C=C\CO)c21. The minimum absolute atomic E-state index is 0.0178. The van der Waals surface area contributed by atoms with E-state index in [0.717, 1.165) is 36.1 Å². The van der Waals surface area contributed by atoms with Crippen LogP contribution in [0.2, 0.25) is 5.02 Å². The van der Waals surface area contributed by atoms with Crippen LogP contribution in [0.1, 0.15) is 30.9 Å². The maximum absolute atomic E-state index is 12.4. The zero-order chi connectivity index (χ0) is 15.9. The minimum Gasteiger partial charge on any atom is -0.392 e. The number of urea groups is 1. The van der Waals surface area contributed by atoms with Gasteiger partial charge in [0.05, 0.1) is 12.3 Å². The predicted molar refractivity (Wildman–Crippen MR) is 90.7 cm³/mol. The number of amides is 2. The Kier molecular flexibility index (Phi) is 6.28. The summed E-state index contributed by atoms with van der Waals surface area (Å²) in [6.45, 7) is 3.51. The molecule has 0 unspecified atom stereocenters. The highest BCUT2D eigenvalue weighted by Crippen LogP contribution is 2.35. The van der Waals surface area contributed by atoms with Crippen molar-refractivity contribution in [1.29, 1.82) is 0 Å². The Bertz CT molecular complexity index is 558. The number of hydrogen-bond acceptors (Lipinski definition) is 2. The molecule has 0 saturated carbocycles. The van der Waals surface area contributed by atoms with E-state index in [9.17, 15) is 4.79 Å². The topological polar surface area (TPSA) is 52.6 Å². The van der Waals surface area contributed by atoms with Gasteiger partial charge in [0.1, 0.15) is 0 Å². The minimum atomic E-state index is -0.0399. The van der Waals surface area contributed by atoms with Crippen LogP contribution in [0.3, 0.4) is 0 Å². The maximum atomic E-state index is 12.4. The van der Waals surface area contributed by atoms with E-state index in [1.165, 1.54) is 0 Å². The fraction of sp³-hybridized carbons (Fsp3) is 0.471. The molecule has 120 valence electrons. The number of allylic oxidation sites excluding steroid dienone is 1. The standard InChI is InChI=1S/C17H23ClN2O2/c1-2-3-8-19-17(22)20-9-7-14-12-15(18)11-13(16(14)20)6-4-5-10-21/h4-5,11-12,21H,2-3,6-10H2,1H3,(H,19,22)/b5-4-. The third-order valence-electron chi connectivity index (χ3n) is 3.77. The van der Waals surface area contributed by atoms with Crippen LogP contribution >= 0.6 is 11.6 Å². The van der Waals surface area contributed by atoms with E-state index < -0.39 is 0 Å². The first kappa shape index (κ1) is 16.8. The fourth-order valence-corrected chi connectivity index (χ4v) is 2.97. The number of aliphatic hydroxyl groups excluding tert-OH is 1. The average molecular weight is 323 g/mol. The van der Waals surface area contributed by atoms with Gasteiger partial charge < -0.3 is 10.4 Å². The molecule has 0 bridgehead atoms. The van der Waals surface area contributed by atoms with Gasteiger partial charge >= 0.3 is 6.03 Å². The molecule has 0 saturated heterocycles. The molecule has 0 aromatic heterocycles. The van der Waals surface area contributed by atoms with Crippen molar-refractivity contribution in [3.63, 3.8) is 0 Å². The molecule has 2 N–H and O–H groups in total.